The third-order valence-electron chi connectivity index (χ3n) is 5.90. The van der Waals surface area contributed by atoms with E-state index < -0.39 is 17.7 Å². The topological polar surface area (TPSA) is 84.7 Å². The number of amides is 1. The number of carbonyl (C=O) groups excluding carboxylic acids is 2. The van der Waals surface area contributed by atoms with Crippen molar-refractivity contribution in [2.75, 3.05) is 6.54 Å². The molecular weight excluding hydrogens is 426 g/mol. The number of ether oxygens (including phenoxy) is 1. The van der Waals surface area contributed by atoms with Crippen molar-refractivity contribution < 1.29 is 19.4 Å². The Balaban J connectivity index is 1.49. The van der Waals surface area contributed by atoms with E-state index in [1.165, 1.54) is 11.3 Å². The van der Waals surface area contributed by atoms with E-state index in [-0.39, 0.29) is 17.4 Å². The molecule has 1 amide bonds. The number of ketones is 1. The highest BCUT2D eigenvalue weighted by Crippen LogP contribution is 2.42. The Labute approximate surface area is 189 Å². The van der Waals surface area contributed by atoms with E-state index in [1.807, 2.05) is 47.3 Å². The van der Waals surface area contributed by atoms with Crippen molar-refractivity contribution in [1.82, 2.24) is 14.5 Å². The lowest BCUT2D eigenvalue weighted by atomic mass is 9.98. The van der Waals surface area contributed by atoms with Crippen LogP contribution in [0.1, 0.15) is 35.4 Å². The lowest BCUT2D eigenvalue weighted by molar-refractivity contribution is -0.139. The minimum atomic E-state index is -0.645. The molecule has 2 atom stereocenters. The average Bonchev–Trinajstić information content (AvgIpc) is 3.57. The SMILES string of the molecule is C[C@@H]1Cc2cc(C(O)=C3C(=O)C(=O)N(CCCn4ccnc4)[C@H]3c3cccs3)ccc2O1. The number of hydrogen-bond acceptors (Lipinski definition) is 6. The fourth-order valence-corrected chi connectivity index (χ4v) is 5.27. The van der Waals surface area contributed by atoms with Crippen molar-refractivity contribution >= 4 is 28.8 Å². The molecule has 2 aliphatic heterocycles. The van der Waals surface area contributed by atoms with Crippen LogP contribution in [0.25, 0.3) is 5.76 Å². The summed E-state index contributed by atoms with van der Waals surface area (Å²) in [5.41, 5.74) is 1.66. The standard InChI is InChI=1S/C24H23N3O4S/c1-15-12-17-13-16(5-6-18(17)31-15)22(28)20-21(19-4-2-11-32-19)27(24(30)23(20)29)9-3-8-26-10-7-25-14-26/h2,4-7,10-11,13-15,21,28H,3,8-9,12H2,1H3/t15-,21+/m1/s1. The van der Waals surface area contributed by atoms with Crippen molar-refractivity contribution in [1.29, 1.82) is 0 Å². The predicted octanol–water partition coefficient (Wildman–Crippen LogP) is 3.78. The zero-order chi connectivity index (χ0) is 22.2. The van der Waals surface area contributed by atoms with Gasteiger partial charge in [-0.25, -0.2) is 4.98 Å². The number of Topliss-reactive ketones (excluding diaryl/α,β-unsaturated/α-hetero) is 1. The molecule has 2 aromatic heterocycles. The summed E-state index contributed by atoms with van der Waals surface area (Å²) in [6.07, 6.45) is 6.79. The van der Waals surface area contributed by atoms with Crippen LogP contribution in [0.15, 0.2) is 60.0 Å². The highest BCUT2D eigenvalue weighted by atomic mass is 32.1. The Kier molecular flexibility index (Phi) is 5.30. The fourth-order valence-electron chi connectivity index (χ4n) is 4.42. The molecule has 164 valence electrons. The van der Waals surface area contributed by atoms with E-state index in [0.29, 0.717) is 25.1 Å². The van der Waals surface area contributed by atoms with E-state index in [0.717, 1.165) is 22.6 Å². The maximum Gasteiger partial charge on any atom is 0.295 e. The number of carbonyl (C=O) groups is 2. The quantitative estimate of drug-likeness (QED) is 0.352. The van der Waals surface area contributed by atoms with Gasteiger partial charge in [0.05, 0.1) is 17.9 Å². The molecule has 4 heterocycles. The average molecular weight is 450 g/mol. The first kappa shape index (κ1) is 20.5. The summed E-state index contributed by atoms with van der Waals surface area (Å²) in [4.78, 5) is 32.5. The molecular formula is C24H23N3O4S. The maximum atomic E-state index is 13.1. The monoisotopic (exact) mass is 449 g/mol. The van der Waals surface area contributed by atoms with Crippen molar-refractivity contribution in [3.8, 4) is 5.75 Å². The van der Waals surface area contributed by atoms with E-state index in [4.69, 9.17) is 4.74 Å². The van der Waals surface area contributed by atoms with Gasteiger partial charge in [-0.1, -0.05) is 6.07 Å². The summed E-state index contributed by atoms with van der Waals surface area (Å²) in [6, 6.07) is 8.60. The molecule has 3 aromatic rings. The number of thiophene rings is 1. The van der Waals surface area contributed by atoms with E-state index in [2.05, 4.69) is 4.98 Å². The number of fused-ring (bicyclic) bond motifs is 1. The number of rotatable bonds is 6. The molecule has 0 unspecified atom stereocenters. The van der Waals surface area contributed by atoms with Gasteiger partial charge in [-0.2, -0.15) is 0 Å². The molecule has 1 saturated heterocycles. The molecule has 0 spiro atoms. The smallest absolute Gasteiger partial charge is 0.295 e. The van der Waals surface area contributed by atoms with Gasteiger partial charge in [0.15, 0.2) is 0 Å². The number of likely N-dealkylation sites (tertiary alicyclic amines) is 1. The zero-order valence-electron chi connectivity index (χ0n) is 17.6. The van der Waals surface area contributed by atoms with Crippen LogP contribution in [0.2, 0.25) is 0 Å². The number of nitrogens with zero attached hydrogens (tertiary/aromatic N) is 3. The van der Waals surface area contributed by atoms with Gasteiger partial charge in [-0.05, 0) is 48.6 Å². The van der Waals surface area contributed by atoms with E-state index >= 15 is 0 Å². The third-order valence-corrected chi connectivity index (χ3v) is 6.82. The molecule has 1 N–H and O–H groups in total. The summed E-state index contributed by atoms with van der Waals surface area (Å²) >= 11 is 1.47. The van der Waals surface area contributed by atoms with Crippen LogP contribution in [0.3, 0.4) is 0 Å². The Hall–Kier alpha value is -3.39. The molecule has 5 rings (SSSR count). The number of aliphatic hydroxyl groups excluding tert-OH is 1. The van der Waals surface area contributed by atoms with Gasteiger partial charge in [-0.15, -0.1) is 11.3 Å². The third kappa shape index (κ3) is 3.60. The Bertz CT molecular complexity index is 1180. The van der Waals surface area contributed by atoms with Crippen LogP contribution in [0.5, 0.6) is 5.75 Å². The summed E-state index contributed by atoms with van der Waals surface area (Å²) in [6.45, 7) is 3.08. The first-order chi connectivity index (χ1) is 15.5. The molecule has 7 nitrogen and oxygen atoms in total. The Morgan fingerprint density at radius 3 is 2.91 bits per heavy atom. The molecule has 0 radical (unpaired) electrons. The van der Waals surface area contributed by atoms with Gasteiger partial charge in [0.1, 0.15) is 17.6 Å². The molecule has 0 aliphatic carbocycles. The summed E-state index contributed by atoms with van der Waals surface area (Å²) in [5, 5.41) is 13.1. The number of aromatic nitrogens is 2. The van der Waals surface area contributed by atoms with Crippen LogP contribution in [0.4, 0.5) is 0 Å². The van der Waals surface area contributed by atoms with Crippen LogP contribution in [-0.2, 0) is 22.6 Å². The molecule has 1 fully saturated rings. The highest BCUT2D eigenvalue weighted by Gasteiger charge is 2.46. The van der Waals surface area contributed by atoms with Gasteiger partial charge < -0.3 is 19.3 Å². The lowest BCUT2D eigenvalue weighted by Gasteiger charge is -2.24. The normalized spacial score (nSPS) is 21.7. The first-order valence-corrected chi connectivity index (χ1v) is 11.5. The number of hydrogen-bond donors (Lipinski definition) is 1. The second-order valence-electron chi connectivity index (χ2n) is 8.12. The van der Waals surface area contributed by atoms with E-state index in [1.54, 1.807) is 23.5 Å². The lowest BCUT2D eigenvalue weighted by Crippen LogP contribution is -2.31. The minimum absolute atomic E-state index is 0.0783. The fraction of sp³-hybridized carbons (Fsp3) is 0.292. The van der Waals surface area contributed by atoms with Gasteiger partial charge >= 0.3 is 0 Å². The maximum absolute atomic E-state index is 13.1. The van der Waals surface area contributed by atoms with Crippen molar-refractivity contribution in [3.63, 3.8) is 0 Å². The molecule has 1 aromatic carbocycles. The van der Waals surface area contributed by atoms with Crippen molar-refractivity contribution in [2.24, 2.45) is 0 Å². The summed E-state index contributed by atoms with van der Waals surface area (Å²) in [5.74, 6) is -0.563. The Morgan fingerprint density at radius 2 is 2.16 bits per heavy atom. The van der Waals surface area contributed by atoms with Crippen LogP contribution < -0.4 is 4.74 Å². The zero-order valence-corrected chi connectivity index (χ0v) is 18.4. The number of benzene rings is 1. The first-order valence-electron chi connectivity index (χ1n) is 10.6. The van der Waals surface area contributed by atoms with E-state index in [9.17, 15) is 14.7 Å². The summed E-state index contributed by atoms with van der Waals surface area (Å²) < 4.78 is 7.68. The van der Waals surface area contributed by atoms with Crippen LogP contribution >= 0.6 is 11.3 Å². The molecule has 0 bridgehead atoms. The van der Waals surface area contributed by atoms with Crippen molar-refractivity contribution in [3.05, 3.63) is 76.0 Å². The number of aryl methyl sites for hydroxylation is 1. The predicted molar refractivity (Wildman–Crippen MR) is 120 cm³/mol. The Morgan fingerprint density at radius 1 is 1.28 bits per heavy atom. The largest absolute Gasteiger partial charge is 0.507 e. The number of imidazole rings is 1. The van der Waals surface area contributed by atoms with Gasteiger partial charge in [-0.3, -0.25) is 9.59 Å². The summed E-state index contributed by atoms with van der Waals surface area (Å²) in [7, 11) is 0. The van der Waals surface area contributed by atoms with Gasteiger partial charge in [0.2, 0.25) is 0 Å². The highest BCUT2D eigenvalue weighted by molar-refractivity contribution is 7.10. The van der Waals surface area contributed by atoms with Crippen molar-refractivity contribution in [2.45, 2.75) is 38.5 Å². The molecule has 8 heteroatoms. The number of aliphatic hydroxyl groups is 1. The van der Waals surface area contributed by atoms with Gasteiger partial charge in [0.25, 0.3) is 11.7 Å². The minimum Gasteiger partial charge on any atom is -0.507 e. The molecule has 2 aliphatic rings. The van der Waals surface area contributed by atoms with Crippen LogP contribution in [0, 0.1) is 0 Å². The molecule has 32 heavy (non-hydrogen) atoms. The van der Waals surface area contributed by atoms with Crippen LogP contribution in [-0.4, -0.2) is 43.9 Å². The second-order valence-corrected chi connectivity index (χ2v) is 9.10. The van der Waals surface area contributed by atoms with Gasteiger partial charge in [0, 0.05) is 42.3 Å². The second kappa shape index (κ2) is 8.27. The molecule has 0 saturated carbocycles.